The maximum Gasteiger partial charge on any atom is 0.0780 e. The highest BCUT2D eigenvalue weighted by atomic mass is 32.1. The summed E-state index contributed by atoms with van der Waals surface area (Å²) in [6.07, 6.45) is 4.53. The van der Waals surface area contributed by atoms with E-state index >= 15 is 0 Å². The van der Waals surface area contributed by atoms with E-state index in [1.807, 2.05) is 30.3 Å². The molecule has 0 aliphatic carbocycles. The van der Waals surface area contributed by atoms with Gasteiger partial charge in [-0.25, -0.2) is 0 Å². The van der Waals surface area contributed by atoms with Gasteiger partial charge in [0.2, 0.25) is 0 Å². The van der Waals surface area contributed by atoms with Crippen molar-refractivity contribution < 1.29 is 5.11 Å². The second-order valence-electron chi connectivity index (χ2n) is 2.79. The number of rotatable bonds is 2. The summed E-state index contributed by atoms with van der Waals surface area (Å²) in [7, 11) is 0. The van der Waals surface area contributed by atoms with Gasteiger partial charge in [0, 0.05) is 17.3 Å². The fraction of sp³-hybridized carbons (Fsp3) is 0. The molecule has 2 rings (SSSR count). The first kappa shape index (κ1) is 9.89. The van der Waals surface area contributed by atoms with E-state index in [9.17, 15) is 5.11 Å². The molecule has 2 aromatic rings. The summed E-state index contributed by atoms with van der Waals surface area (Å²) in [6.45, 7) is 0. The monoisotopic (exact) mass is 216 g/mol. The van der Waals surface area contributed by atoms with Crippen LogP contribution in [-0.2, 0) is 0 Å². The van der Waals surface area contributed by atoms with Crippen LogP contribution in [0.15, 0.2) is 53.8 Å². The van der Waals surface area contributed by atoms with Gasteiger partial charge in [0.25, 0.3) is 0 Å². The lowest BCUT2D eigenvalue weighted by Crippen LogP contribution is -2.18. The topological polar surface area (TPSA) is 48.8 Å². The third-order valence-corrected chi connectivity index (χ3v) is 2.63. The summed E-state index contributed by atoms with van der Waals surface area (Å²) in [5.41, 5.74) is 0.381. The van der Waals surface area contributed by atoms with Gasteiger partial charge >= 0.3 is 0 Å². The van der Waals surface area contributed by atoms with Crippen LogP contribution in [0.3, 0.4) is 0 Å². The van der Waals surface area contributed by atoms with Crippen molar-refractivity contribution in [1.82, 2.24) is 9.97 Å². The van der Waals surface area contributed by atoms with E-state index < -0.39 is 0 Å². The maximum absolute atomic E-state index is 11.7. The second kappa shape index (κ2) is 4.72. The molecule has 1 heterocycles. The first-order chi connectivity index (χ1) is 7.36. The Morgan fingerprint density at radius 1 is 1.13 bits per heavy atom. The van der Waals surface area contributed by atoms with Crippen molar-refractivity contribution >= 4 is 16.4 Å². The molecule has 0 unspecified atom stereocenters. The molecule has 0 saturated carbocycles. The zero-order chi connectivity index (χ0) is 10.5. The van der Waals surface area contributed by atoms with E-state index in [0.29, 0.717) is 5.69 Å². The lowest BCUT2D eigenvalue weighted by atomic mass is 10.4. The molecule has 1 radical (unpaired) electrons. The molecule has 75 valence electrons. The van der Waals surface area contributed by atoms with E-state index in [1.54, 1.807) is 6.20 Å². The van der Waals surface area contributed by atoms with Crippen molar-refractivity contribution in [1.29, 1.82) is 0 Å². The lowest BCUT2D eigenvalue weighted by molar-refractivity contribution is -0.207. The van der Waals surface area contributed by atoms with Crippen molar-refractivity contribution in [3.63, 3.8) is 0 Å². The minimum atomic E-state index is -0.0886. The first-order valence-corrected chi connectivity index (χ1v) is 5.21. The fourth-order valence-corrected chi connectivity index (χ4v) is 1.77. The van der Waals surface area contributed by atoms with Gasteiger partial charge in [-0.05, 0) is 12.1 Å². The standard InChI is InChI=1S/C11H9N2OS/c14-11(10-8-12-6-7-13-10)15-9-4-2-1-3-5-9/h1-8,14H/p-1. The lowest BCUT2D eigenvalue weighted by Gasteiger charge is -2.08. The fourth-order valence-electron chi connectivity index (χ4n) is 1.05. The average Bonchev–Trinajstić information content (AvgIpc) is 2.31. The molecule has 0 spiro atoms. The van der Waals surface area contributed by atoms with Gasteiger partial charge in [-0.15, -0.1) is 0 Å². The molecule has 15 heavy (non-hydrogen) atoms. The Morgan fingerprint density at radius 3 is 2.60 bits per heavy atom. The molecule has 0 aliphatic rings. The predicted octanol–water partition coefficient (Wildman–Crippen LogP) is 1.11. The predicted molar refractivity (Wildman–Crippen MR) is 58.4 cm³/mol. The van der Waals surface area contributed by atoms with Crippen molar-refractivity contribution in [2.24, 2.45) is 0 Å². The van der Waals surface area contributed by atoms with Crippen LogP contribution in [0.25, 0.3) is 0 Å². The minimum Gasteiger partial charge on any atom is -0.818 e. The Kier molecular flexibility index (Phi) is 3.11. The van der Waals surface area contributed by atoms with Crippen LogP contribution in [0.4, 0.5) is 0 Å². The largest absolute Gasteiger partial charge is 0.818 e. The Morgan fingerprint density at radius 2 is 1.93 bits per heavy atom. The average molecular weight is 216 g/mol. The maximum atomic E-state index is 11.7. The third-order valence-electron chi connectivity index (χ3n) is 1.73. The smallest absolute Gasteiger partial charge is 0.0780 e. The molecule has 3 nitrogen and oxygen atoms in total. The van der Waals surface area contributed by atoms with Crippen molar-refractivity contribution in [3.8, 4) is 0 Å². The molecule has 0 saturated heterocycles. The normalized spacial score (nSPS) is 11.4. The molecular weight excluding hydrogens is 208 g/mol. The summed E-state index contributed by atoms with van der Waals surface area (Å²) < 4.78 is 0. The van der Waals surface area contributed by atoms with Crippen LogP contribution in [0.1, 0.15) is 5.69 Å². The molecule has 0 amide bonds. The van der Waals surface area contributed by atoms with Gasteiger partial charge in [-0.3, -0.25) is 9.97 Å². The number of aromatic nitrogens is 2. The zero-order valence-corrected chi connectivity index (χ0v) is 8.65. The van der Waals surface area contributed by atoms with Gasteiger partial charge in [0.1, 0.15) is 0 Å². The van der Waals surface area contributed by atoms with Gasteiger partial charge in [-0.2, -0.15) is 11.4 Å². The molecule has 0 fully saturated rings. The molecule has 1 aromatic heterocycles. The molecule has 0 N–H and O–H groups in total. The quantitative estimate of drug-likeness (QED) is 0.706. The van der Waals surface area contributed by atoms with E-state index in [-0.39, 0.29) is 5.05 Å². The number of hydrogen-bond donors (Lipinski definition) is 0. The highest BCUT2D eigenvalue weighted by Gasteiger charge is 1.91. The van der Waals surface area contributed by atoms with E-state index in [4.69, 9.17) is 0 Å². The Balaban J connectivity index is 2.29. The Hall–Kier alpha value is -1.65. The molecule has 0 atom stereocenters. The highest BCUT2D eigenvalue weighted by molar-refractivity contribution is 7.98. The molecule has 4 heteroatoms. The van der Waals surface area contributed by atoms with E-state index in [0.717, 1.165) is 16.2 Å². The Labute approximate surface area is 91.4 Å². The minimum absolute atomic E-state index is 0.0886. The summed E-state index contributed by atoms with van der Waals surface area (Å²) in [4.78, 5) is 8.70. The van der Waals surface area contributed by atoms with Crippen molar-refractivity contribution in [2.45, 2.75) is 4.90 Å². The summed E-state index contributed by atoms with van der Waals surface area (Å²) in [6, 6.07) is 9.48. The van der Waals surface area contributed by atoms with E-state index in [1.165, 1.54) is 12.4 Å². The highest BCUT2D eigenvalue weighted by Crippen LogP contribution is 2.10. The van der Waals surface area contributed by atoms with Crippen LogP contribution in [-0.4, -0.2) is 15.0 Å². The first-order valence-electron chi connectivity index (χ1n) is 4.39. The summed E-state index contributed by atoms with van der Waals surface area (Å²) >= 11 is 1.16. The van der Waals surface area contributed by atoms with Crippen LogP contribution < -0.4 is 5.11 Å². The third kappa shape index (κ3) is 2.65. The number of benzene rings is 1. The summed E-state index contributed by atoms with van der Waals surface area (Å²) in [5, 5.41) is 11.6. The summed E-state index contributed by atoms with van der Waals surface area (Å²) in [5.74, 6) is 0. The van der Waals surface area contributed by atoms with Crippen molar-refractivity contribution in [3.05, 3.63) is 54.6 Å². The SMILES string of the molecule is [O-]C(=[S]c1ccccc1)c1cnccn1. The van der Waals surface area contributed by atoms with Gasteiger partial charge in [0.05, 0.1) is 11.9 Å². The van der Waals surface area contributed by atoms with Crippen LogP contribution in [0, 0.1) is 0 Å². The van der Waals surface area contributed by atoms with Gasteiger partial charge in [0.15, 0.2) is 0 Å². The zero-order valence-electron chi connectivity index (χ0n) is 7.83. The number of hydrogen-bond acceptors (Lipinski definition) is 3. The molecular formula is C11H8N2OS-. The Bertz CT molecular complexity index is 457. The molecule has 0 bridgehead atoms. The van der Waals surface area contributed by atoms with Gasteiger partial charge in [-0.1, -0.05) is 23.2 Å². The van der Waals surface area contributed by atoms with Crippen LogP contribution in [0.2, 0.25) is 0 Å². The van der Waals surface area contributed by atoms with Gasteiger partial charge < -0.3 is 5.11 Å². The second-order valence-corrected chi connectivity index (χ2v) is 3.84. The van der Waals surface area contributed by atoms with Crippen LogP contribution >= 0.6 is 11.4 Å². The van der Waals surface area contributed by atoms with E-state index in [2.05, 4.69) is 9.97 Å². The molecule has 0 aliphatic heterocycles. The van der Waals surface area contributed by atoms with Crippen LogP contribution in [0.5, 0.6) is 0 Å². The number of nitrogens with zero attached hydrogens (tertiary/aromatic N) is 2. The molecule has 1 aromatic carbocycles. The van der Waals surface area contributed by atoms with Crippen molar-refractivity contribution in [2.75, 3.05) is 0 Å².